The van der Waals surface area contributed by atoms with Crippen LogP contribution in [0.15, 0.2) is 71.6 Å². The van der Waals surface area contributed by atoms with Crippen LogP contribution in [-0.2, 0) is 10.0 Å². The van der Waals surface area contributed by atoms with Gasteiger partial charge in [0.15, 0.2) is 0 Å². The van der Waals surface area contributed by atoms with E-state index in [0.717, 1.165) is 5.56 Å². The quantitative estimate of drug-likeness (QED) is 0.472. The number of aliphatic hydroxyl groups is 1. The van der Waals surface area contributed by atoms with E-state index in [-0.39, 0.29) is 41.8 Å². The minimum Gasteiger partial charge on any atom is -0.497 e. The first-order valence-electron chi connectivity index (χ1n) is 12.6. The van der Waals surface area contributed by atoms with E-state index in [1.54, 1.807) is 39.3 Å². The molecule has 0 fully saturated rings. The van der Waals surface area contributed by atoms with Gasteiger partial charge in [0, 0.05) is 25.6 Å². The zero-order valence-corrected chi connectivity index (χ0v) is 23.2. The monoisotopic (exact) mass is 556 g/mol. The lowest BCUT2D eigenvalue weighted by molar-refractivity contribution is 0.0560. The van der Waals surface area contributed by atoms with Crippen molar-refractivity contribution in [3.05, 3.63) is 78.1 Å². The molecule has 0 saturated heterocycles. The number of likely N-dealkylation sites (N-methyl/N-ethyl adjacent to an activating group) is 1. The second kappa shape index (κ2) is 11.7. The Labute approximate surface area is 228 Å². The molecule has 208 valence electrons. The van der Waals surface area contributed by atoms with Crippen LogP contribution in [0, 0.1) is 11.7 Å². The maximum atomic E-state index is 14.3. The van der Waals surface area contributed by atoms with Gasteiger partial charge in [-0.25, -0.2) is 12.8 Å². The highest BCUT2D eigenvalue weighted by molar-refractivity contribution is 7.89. The largest absolute Gasteiger partial charge is 0.497 e. The number of carbonyl (C=O) groups is 1. The third kappa shape index (κ3) is 5.93. The van der Waals surface area contributed by atoms with E-state index in [1.165, 1.54) is 33.5 Å². The SMILES string of the molecule is COc1cccc(-c2ccc3c(c2)O[C@@H](CN(C)C(=O)c2ccccc2F)[C@H](C)CN([C@H](C)CO)S3(=O)=O)c1. The Balaban J connectivity index is 1.76. The number of methoxy groups -OCH3 is 1. The summed E-state index contributed by atoms with van der Waals surface area (Å²) in [5.41, 5.74) is 1.46. The number of fused-ring (bicyclic) bond motifs is 1. The van der Waals surface area contributed by atoms with Gasteiger partial charge >= 0.3 is 0 Å². The molecular formula is C29H33FN2O6S. The number of ether oxygens (including phenoxy) is 2. The number of halogens is 1. The van der Waals surface area contributed by atoms with Gasteiger partial charge in [0.05, 0.1) is 25.8 Å². The highest BCUT2D eigenvalue weighted by atomic mass is 32.2. The van der Waals surface area contributed by atoms with Gasteiger partial charge in [0.1, 0.15) is 28.3 Å². The topological polar surface area (TPSA) is 96.4 Å². The molecule has 0 unspecified atom stereocenters. The van der Waals surface area contributed by atoms with Crippen LogP contribution >= 0.6 is 0 Å². The standard InChI is InChI=1S/C29H33FN2O6S/c1-19-16-32(20(2)18-33)39(35,36)28-13-12-22(21-8-7-9-23(14-21)37-4)15-26(28)38-27(19)17-31(3)29(34)24-10-5-6-11-25(24)30/h5-15,19-20,27,33H,16-18H2,1-4H3/t19-,20-,27+/m1/s1. The Morgan fingerprint density at radius 3 is 2.56 bits per heavy atom. The molecule has 0 aromatic heterocycles. The number of aliphatic hydroxyl groups excluding tert-OH is 1. The fraction of sp³-hybridized carbons (Fsp3) is 0.345. The van der Waals surface area contributed by atoms with Crippen LogP contribution in [0.25, 0.3) is 11.1 Å². The van der Waals surface area contributed by atoms with E-state index in [9.17, 15) is 22.7 Å². The molecule has 1 aliphatic rings. The Kier molecular flexibility index (Phi) is 8.58. The summed E-state index contributed by atoms with van der Waals surface area (Å²) in [6.45, 7) is 3.25. The number of rotatable bonds is 7. The molecule has 3 atom stereocenters. The van der Waals surface area contributed by atoms with Crippen LogP contribution in [-0.4, -0.2) is 74.6 Å². The summed E-state index contributed by atoms with van der Waals surface area (Å²) in [6, 6.07) is 17.3. The smallest absolute Gasteiger partial charge is 0.256 e. The van der Waals surface area contributed by atoms with Crippen molar-refractivity contribution < 1.29 is 32.2 Å². The molecule has 1 N–H and O–H groups in total. The number of hydrogen-bond acceptors (Lipinski definition) is 6. The van der Waals surface area contributed by atoms with Crippen LogP contribution in [0.2, 0.25) is 0 Å². The first-order chi connectivity index (χ1) is 18.6. The van der Waals surface area contributed by atoms with Crippen LogP contribution in [0.1, 0.15) is 24.2 Å². The van der Waals surface area contributed by atoms with Crippen LogP contribution in [0.5, 0.6) is 11.5 Å². The van der Waals surface area contributed by atoms with Crippen molar-refractivity contribution in [2.45, 2.75) is 30.9 Å². The van der Waals surface area contributed by atoms with E-state index in [4.69, 9.17) is 9.47 Å². The van der Waals surface area contributed by atoms with Gasteiger partial charge in [0.2, 0.25) is 10.0 Å². The van der Waals surface area contributed by atoms with Crippen molar-refractivity contribution in [1.29, 1.82) is 0 Å². The second-order valence-corrected chi connectivity index (χ2v) is 11.7. The summed E-state index contributed by atoms with van der Waals surface area (Å²) >= 11 is 0. The molecule has 0 radical (unpaired) electrons. The van der Waals surface area contributed by atoms with Gasteiger partial charge in [-0.05, 0) is 54.4 Å². The van der Waals surface area contributed by atoms with E-state index >= 15 is 0 Å². The molecule has 8 nitrogen and oxygen atoms in total. The summed E-state index contributed by atoms with van der Waals surface area (Å²) in [5, 5.41) is 9.86. The molecule has 3 aromatic rings. The van der Waals surface area contributed by atoms with Crippen molar-refractivity contribution in [3.8, 4) is 22.6 Å². The third-order valence-corrected chi connectivity index (χ3v) is 8.99. The Morgan fingerprint density at radius 1 is 1.15 bits per heavy atom. The summed E-state index contributed by atoms with van der Waals surface area (Å²) in [4.78, 5) is 14.4. The van der Waals surface area contributed by atoms with E-state index in [1.807, 2.05) is 31.2 Å². The predicted molar refractivity (Wildman–Crippen MR) is 146 cm³/mol. The predicted octanol–water partition coefficient (Wildman–Crippen LogP) is 4.04. The summed E-state index contributed by atoms with van der Waals surface area (Å²) in [5.74, 6) is -0.727. The van der Waals surface area contributed by atoms with Crippen LogP contribution in [0.4, 0.5) is 4.39 Å². The van der Waals surface area contributed by atoms with E-state index < -0.39 is 33.9 Å². The van der Waals surface area contributed by atoms with Gasteiger partial charge in [0.25, 0.3) is 5.91 Å². The molecule has 1 aliphatic heterocycles. The molecule has 3 aromatic carbocycles. The lowest BCUT2D eigenvalue weighted by Gasteiger charge is -2.37. The average Bonchev–Trinajstić information content (AvgIpc) is 2.94. The Bertz CT molecular complexity index is 1450. The molecule has 1 amide bonds. The maximum Gasteiger partial charge on any atom is 0.256 e. The lowest BCUT2D eigenvalue weighted by atomic mass is 10.0. The van der Waals surface area contributed by atoms with Gasteiger partial charge in [-0.2, -0.15) is 4.31 Å². The molecule has 0 aliphatic carbocycles. The zero-order valence-electron chi connectivity index (χ0n) is 22.4. The number of carbonyl (C=O) groups excluding carboxylic acids is 1. The summed E-state index contributed by atoms with van der Waals surface area (Å²) in [6.07, 6.45) is -0.631. The molecule has 10 heteroatoms. The normalized spacial score (nSPS) is 19.6. The third-order valence-electron chi connectivity index (χ3n) is 6.97. The lowest BCUT2D eigenvalue weighted by Crippen LogP contribution is -2.50. The van der Waals surface area contributed by atoms with Crippen molar-refractivity contribution in [2.24, 2.45) is 5.92 Å². The van der Waals surface area contributed by atoms with Crippen molar-refractivity contribution in [1.82, 2.24) is 9.21 Å². The summed E-state index contributed by atoms with van der Waals surface area (Å²) < 4.78 is 54.8. The van der Waals surface area contributed by atoms with Crippen molar-refractivity contribution in [2.75, 3.05) is 33.9 Å². The van der Waals surface area contributed by atoms with Gasteiger partial charge in [-0.15, -0.1) is 0 Å². The second-order valence-electron chi connectivity index (χ2n) is 9.80. The number of sulfonamides is 1. The van der Waals surface area contributed by atoms with E-state index in [0.29, 0.717) is 11.3 Å². The van der Waals surface area contributed by atoms with E-state index in [2.05, 4.69) is 0 Å². The first-order valence-corrected chi connectivity index (χ1v) is 14.1. The highest BCUT2D eigenvalue weighted by Crippen LogP contribution is 2.37. The average molecular weight is 557 g/mol. The molecular weight excluding hydrogens is 523 g/mol. The van der Waals surface area contributed by atoms with Gasteiger partial charge in [-0.1, -0.05) is 37.3 Å². The molecule has 39 heavy (non-hydrogen) atoms. The molecule has 0 saturated carbocycles. The summed E-state index contributed by atoms with van der Waals surface area (Å²) in [7, 11) is -0.898. The number of amides is 1. The fourth-order valence-corrected chi connectivity index (χ4v) is 6.44. The Morgan fingerprint density at radius 2 is 1.87 bits per heavy atom. The van der Waals surface area contributed by atoms with Crippen molar-refractivity contribution >= 4 is 15.9 Å². The number of hydrogen-bond donors (Lipinski definition) is 1. The fourth-order valence-electron chi connectivity index (χ4n) is 4.62. The van der Waals surface area contributed by atoms with Crippen LogP contribution < -0.4 is 9.47 Å². The minimum absolute atomic E-state index is 0.0329. The number of nitrogens with zero attached hydrogens (tertiary/aromatic N) is 2. The maximum absolute atomic E-state index is 14.3. The van der Waals surface area contributed by atoms with Gasteiger partial charge in [-0.3, -0.25) is 4.79 Å². The Hall–Kier alpha value is -3.47. The highest BCUT2D eigenvalue weighted by Gasteiger charge is 2.38. The molecule has 0 spiro atoms. The molecule has 0 bridgehead atoms. The molecule has 4 rings (SSSR count). The molecule has 1 heterocycles. The minimum atomic E-state index is -4.02. The van der Waals surface area contributed by atoms with Crippen LogP contribution in [0.3, 0.4) is 0 Å². The zero-order chi connectivity index (χ0) is 28.3. The first kappa shape index (κ1) is 28.5. The van der Waals surface area contributed by atoms with Gasteiger partial charge < -0.3 is 19.5 Å². The van der Waals surface area contributed by atoms with Crippen molar-refractivity contribution in [3.63, 3.8) is 0 Å². The number of benzene rings is 3.